The minimum absolute atomic E-state index is 0.102. The van der Waals surface area contributed by atoms with Gasteiger partial charge in [0.2, 0.25) is 0 Å². The molecule has 0 amide bonds. The second-order valence-corrected chi connectivity index (χ2v) is 6.41. The number of ether oxygens (including phenoxy) is 1. The lowest BCUT2D eigenvalue weighted by Gasteiger charge is -2.36. The second kappa shape index (κ2) is 7.53. The first-order valence-electron chi connectivity index (χ1n) is 8.10. The number of piperidine rings is 1. The number of likely N-dealkylation sites (tertiary alicyclic amines) is 1. The van der Waals surface area contributed by atoms with Crippen LogP contribution in [-0.4, -0.2) is 36.4 Å². The molecular formula is C17H25F3N2O. The Morgan fingerprint density at radius 2 is 1.65 bits per heavy atom. The predicted molar refractivity (Wildman–Crippen MR) is 84.4 cm³/mol. The summed E-state index contributed by atoms with van der Waals surface area (Å²) in [5.41, 5.74) is 0.964. The Balaban J connectivity index is 1.85. The molecule has 1 aliphatic heterocycles. The molecule has 1 unspecified atom stereocenters. The normalized spacial score (nSPS) is 19.1. The summed E-state index contributed by atoms with van der Waals surface area (Å²) in [6, 6.07) is 7.22. The van der Waals surface area contributed by atoms with Crippen LogP contribution in [-0.2, 0) is 0 Å². The number of alkyl halides is 3. The van der Waals surface area contributed by atoms with Gasteiger partial charge in [-0.25, -0.2) is 0 Å². The molecule has 6 heteroatoms. The molecule has 3 nitrogen and oxygen atoms in total. The van der Waals surface area contributed by atoms with E-state index in [9.17, 15) is 13.2 Å². The highest BCUT2D eigenvalue weighted by molar-refractivity contribution is 5.29. The van der Waals surface area contributed by atoms with E-state index in [2.05, 4.69) is 28.8 Å². The van der Waals surface area contributed by atoms with Crippen LogP contribution < -0.4 is 10.1 Å². The van der Waals surface area contributed by atoms with Gasteiger partial charge in [-0.1, -0.05) is 12.1 Å². The number of halogens is 3. The van der Waals surface area contributed by atoms with Crippen LogP contribution in [0.4, 0.5) is 13.2 Å². The number of nitrogens with zero attached hydrogens (tertiary/aromatic N) is 1. The molecule has 0 aromatic heterocycles. The van der Waals surface area contributed by atoms with Gasteiger partial charge in [0.05, 0.1) is 0 Å². The van der Waals surface area contributed by atoms with E-state index in [1.165, 1.54) is 12.1 Å². The third-order valence-corrected chi connectivity index (χ3v) is 4.36. The molecule has 2 rings (SSSR count). The Labute approximate surface area is 135 Å². The van der Waals surface area contributed by atoms with Gasteiger partial charge < -0.3 is 15.0 Å². The van der Waals surface area contributed by atoms with Gasteiger partial charge in [0.15, 0.2) is 0 Å². The monoisotopic (exact) mass is 330 g/mol. The molecule has 0 bridgehead atoms. The molecule has 1 fully saturated rings. The Morgan fingerprint density at radius 3 is 2.13 bits per heavy atom. The number of benzene rings is 1. The van der Waals surface area contributed by atoms with E-state index in [1.54, 1.807) is 12.1 Å². The lowest BCUT2D eigenvalue weighted by molar-refractivity contribution is -0.274. The SMILES string of the molecule is CC(NC1CCN(C(C)C)CC1)c1ccc(OC(F)(F)F)cc1. The highest BCUT2D eigenvalue weighted by Gasteiger charge is 2.31. The van der Waals surface area contributed by atoms with Gasteiger partial charge in [-0.05, 0) is 64.4 Å². The Kier molecular flexibility index (Phi) is 5.92. The zero-order valence-electron chi connectivity index (χ0n) is 13.9. The summed E-state index contributed by atoms with van der Waals surface area (Å²) >= 11 is 0. The van der Waals surface area contributed by atoms with Crippen LogP contribution in [0.5, 0.6) is 5.75 Å². The van der Waals surface area contributed by atoms with E-state index in [0.29, 0.717) is 12.1 Å². The molecule has 0 saturated carbocycles. The molecule has 23 heavy (non-hydrogen) atoms. The lowest BCUT2D eigenvalue weighted by Crippen LogP contribution is -2.45. The first-order valence-corrected chi connectivity index (χ1v) is 8.10. The number of hydrogen-bond donors (Lipinski definition) is 1. The number of nitrogens with one attached hydrogen (secondary N) is 1. The minimum atomic E-state index is -4.64. The highest BCUT2D eigenvalue weighted by atomic mass is 19.4. The van der Waals surface area contributed by atoms with Crippen molar-refractivity contribution in [2.45, 2.75) is 58.1 Å². The summed E-state index contributed by atoms with van der Waals surface area (Å²) in [4.78, 5) is 2.46. The second-order valence-electron chi connectivity index (χ2n) is 6.41. The lowest BCUT2D eigenvalue weighted by atomic mass is 10.0. The molecule has 130 valence electrons. The zero-order chi connectivity index (χ0) is 17.0. The first-order chi connectivity index (χ1) is 10.7. The maximum atomic E-state index is 12.2. The van der Waals surface area contributed by atoms with Gasteiger partial charge >= 0.3 is 6.36 Å². The fourth-order valence-electron chi connectivity index (χ4n) is 2.99. The predicted octanol–water partition coefficient (Wildman–Crippen LogP) is 4.11. The van der Waals surface area contributed by atoms with Gasteiger partial charge in [0.25, 0.3) is 0 Å². The summed E-state index contributed by atoms with van der Waals surface area (Å²) in [7, 11) is 0. The van der Waals surface area contributed by atoms with Crippen molar-refractivity contribution in [2.24, 2.45) is 0 Å². The molecular weight excluding hydrogens is 305 g/mol. The van der Waals surface area contributed by atoms with Crippen LogP contribution in [0.1, 0.15) is 45.2 Å². The third-order valence-electron chi connectivity index (χ3n) is 4.36. The molecule has 1 N–H and O–H groups in total. The first kappa shape index (κ1) is 18.1. The third kappa shape index (κ3) is 5.70. The number of hydrogen-bond acceptors (Lipinski definition) is 3. The molecule has 0 spiro atoms. The van der Waals surface area contributed by atoms with Gasteiger partial charge in [0, 0.05) is 18.1 Å². The minimum Gasteiger partial charge on any atom is -0.406 e. The molecule has 0 radical (unpaired) electrons. The Hall–Kier alpha value is -1.27. The maximum absolute atomic E-state index is 12.2. The summed E-state index contributed by atoms with van der Waals surface area (Å²) < 4.78 is 40.4. The van der Waals surface area contributed by atoms with E-state index in [4.69, 9.17) is 0 Å². The van der Waals surface area contributed by atoms with Crippen molar-refractivity contribution in [1.29, 1.82) is 0 Å². The van der Waals surface area contributed by atoms with Gasteiger partial charge in [-0.15, -0.1) is 13.2 Å². The van der Waals surface area contributed by atoms with E-state index in [1.807, 2.05) is 6.92 Å². The molecule has 1 aliphatic rings. The van der Waals surface area contributed by atoms with Gasteiger partial charge in [0.1, 0.15) is 5.75 Å². The van der Waals surface area contributed by atoms with Crippen molar-refractivity contribution < 1.29 is 17.9 Å². The van der Waals surface area contributed by atoms with E-state index < -0.39 is 6.36 Å². The highest BCUT2D eigenvalue weighted by Crippen LogP contribution is 2.25. The van der Waals surface area contributed by atoms with Crippen molar-refractivity contribution in [2.75, 3.05) is 13.1 Å². The molecule has 1 atom stereocenters. The standard InChI is InChI=1S/C17H25F3N2O/c1-12(2)22-10-8-15(9-11-22)21-13(3)14-4-6-16(7-5-14)23-17(18,19)20/h4-7,12-13,15,21H,8-11H2,1-3H3. The fourth-order valence-corrected chi connectivity index (χ4v) is 2.99. The van der Waals surface area contributed by atoms with Gasteiger partial charge in [-0.2, -0.15) is 0 Å². The molecule has 0 aliphatic carbocycles. The average Bonchev–Trinajstić information content (AvgIpc) is 2.46. The largest absolute Gasteiger partial charge is 0.573 e. The van der Waals surface area contributed by atoms with Crippen LogP contribution in [0, 0.1) is 0 Å². The van der Waals surface area contributed by atoms with Crippen LogP contribution in [0.25, 0.3) is 0 Å². The van der Waals surface area contributed by atoms with E-state index >= 15 is 0 Å². The Morgan fingerprint density at radius 1 is 1.09 bits per heavy atom. The van der Waals surface area contributed by atoms with Crippen LogP contribution >= 0.6 is 0 Å². The van der Waals surface area contributed by atoms with E-state index in [-0.39, 0.29) is 11.8 Å². The molecule has 1 saturated heterocycles. The zero-order valence-corrected chi connectivity index (χ0v) is 13.9. The molecule has 1 aromatic carbocycles. The summed E-state index contributed by atoms with van der Waals surface area (Å²) in [5.74, 6) is -0.182. The van der Waals surface area contributed by atoms with Crippen molar-refractivity contribution in [3.05, 3.63) is 29.8 Å². The Bertz CT molecular complexity index is 480. The topological polar surface area (TPSA) is 24.5 Å². The van der Waals surface area contributed by atoms with E-state index in [0.717, 1.165) is 31.5 Å². The van der Waals surface area contributed by atoms with Crippen molar-refractivity contribution in [3.8, 4) is 5.75 Å². The van der Waals surface area contributed by atoms with Gasteiger partial charge in [-0.3, -0.25) is 0 Å². The average molecular weight is 330 g/mol. The molecule has 1 aromatic rings. The fraction of sp³-hybridized carbons (Fsp3) is 0.647. The van der Waals surface area contributed by atoms with Crippen LogP contribution in [0.3, 0.4) is 0 Å². The van der Waals surface area contributed by atoms with Crippen molar-refractivity contribution >= 4 is 0 Å². The van der Waals surface area contributed by atoms with Crippen LogP contribution in [0.2, 0.25) is 0 Å². The van der Waals surface area contributed by atoms with Crippen LogP contribution in [0.15, 0.2) is 24.3 Å². The number of rotatable bonds is 5. The smallest absolute Gasteiger partial charge is 0.406 e. The van der Waals surface area contributed by atoms with Crippen molar-refractivity contribution in [3.63, 3.8) is 0 Å². The summed E-state index contributed by atoms with van der Waals surface area (Å²) in [6.07, 6.45) is -2.45. The summed E-state index contributed by atoms with van der Waals surface area (Å²) in [6.45, 7) is 8.62. The maximum Gasteiger partial charge on any atom is 0.573 e. The molecule has 1 heterocycles. The summed E-state index contributed by atoms with van der Waals surface area (Å²) in [5, 5.41) is 3.57. The quantitative estimate of drug-likeness (QED) is 0.879. The van der Waals surface area contributed by atoms with Crippen molar-refractivity contribution in [1.82, 2.24) is 10.2 Å².